The van der Waals surface area contributed by atoms with Gasteiger partial charge in [0, 0.05) is 24.2 Å². The van der Waals surface area contributed by atoms with E-state index in [0.29, 0.717) is 6.04 Å². The van der Waals surface area contributed by atoms with Crippen molar-refractivity contribution in [3.05, 3.63) is 0 Å². The van der Waals surface area contributed by atoms with Gasteiger partial charge in [0.05, 0.1) is 0 Å². The molecule has 0 spiro atoms. The Kier molecular flexibility index (Phi) is 2.10. The van der Waals surface area contributed by atoms with Crippen LogP contribution in [-0.2, 0) is 0 Å². The van der Waals surface area contributed by atoms with Crippen molar-refractivity contribution in [1.82, 2.24) is 4.90 Å². The van der Waals surface area contributed by atoms with Crippen LogP contribution in [0, 0.1) is 5.92 Å². The van der Waals surface area contributed by atoms with E-state index in [9.17, 15) is 0 Å². The average molecular weight is 194 g/mol. The minimum absolute atomic E-state index is 0.496. The van der Waals surface area contributed by atoms with E-state index in [1.807, 2.05) is 0 Å². The first-order chi connectivity index (χ1) is 6.75. The number of hydrogen-bond acceptors (Lipinski definition) is 2. The lowest BCUT2D eigenvalue weighted by atomic mass is 9.82. The molecule has 3 fully saturated rings. The first kappa shape index (κ1) is 9.17. The zero-order valence-corrected chi connectivity index (χ0v) is 9.15. The molecule has 3 aliphatic rings. The van der Waals surface area contributed by atoms with Gasteiger partial charge in [0.2, 0.25) is 0 Å². The third-order valence-electron chi connectivity index (χ3n) is 4.52. The van der Waals surface area contributed by atoms with E-state index in [2.05, 4.69) is 11.8 Å². The van der Waals surface area contributed by atoms with Gasteiger partial charge in [-0.3, -0.25) is 4.90 Å². The molecule has 2 nitrogen and oxygen atoms in total. The van der Waals surface area contributed by atoms with Crippen LogP contribution < -0.4 is 5.73 Å². The van der Waals surface area contributed by atoms with Gasteiger partial charge in [-0.1, -0.05) is 13.3 Å². The predicted octanol–water partition coefficient (Wildman–Crippen LogP) is 1.74. The second-order valence-corrected chi connectivity index (χ2v) is 5.70. The van der Waals surface area contributed by atoms with Gasteiger partial charge in [-0.2, -0.15) is 0 Å². The molecule has 1 aliphatic carbocycles. The summed E-state index contributed by atoms with van der Waals surface area (Å²) in [5, 5.41) is 0. The third kappa shape index (κ3) is 1.40. The van der Waals surface area contributed by atoms with Crippen LogP contribution in [0.3, 0.4) is 0 Å². The van der Waals surface area contributed by atoms with Crippen molar-refractivity contribution in [2.45, 2.75) is 69.6 Å². The normalized spacial score (nSPS) is 53.1. The second kappa shape index (κ2) is 3.21. The zero-order valence-electron chi connectivity index (χ0n) is 9.15. The molecule has 0 radical (unpaired) electrons. The smallest absolute Gasteiger partial charge is 0.0130 e. The van der Waals surface area contributed by atoms with Crippen LogP contribution in [0.5, 0.6) is 0 Å². The summed E-state index contributed by atoms with van der Waals surface area (Å²) in [7, 11) is 0. The van der Waals surface area contributed by atoms with E-state index in [-0.39, 0.29) is 0 Å². The summed E-state index contributed by atoms with van der Waals surface area (Å²) in [5.41, 5.74) is 6.12. The summed E-state index contributed by atoms with van der Waals surface area (Å²) in [6.07, 6.45) is 8.24. The number of piperidine rings is 2. The Hall–Kier alpha value is -0.0800. The van der Waals surface area contributed by atoms with Gasteiger partial charge >= 0.3 is 0 Å². The molecule has 0 aromatic rings. The number of nitrogens with zero attached hydrogens (tertiary/aromatic N) is 1. The fourth-order valence-electron chi connectivity index (χ4n) is 3.72. The van der Waals surface area contributed by atoms with Crippen LogP contribution in [0.4, 0.5) is 0 Å². The topological polar surface area (TPSA) is 29.3 Å². The van der Waals surface area contributed by atoms with Gasteiger partial charge < -0.3 is 5.73 Å². The molecule has 2 N–H and O–H groups in total. The molecule has 2 bridgehead atoms. The van der Waals surface area contributed by atoms with Crippen LogP contribution in [0.1, 0.15) is 45.4 Å². The summed E-state index contributed by atoms with van der Waals surface area (Å²) >= 11 is 0. The second-order valence-electron chi connectivity index (χ2n) is 5.70. The van der Waals surface area contributed by atoms with Crippen LogP contribution in [0.15, 0.2) is 0 Å². The van der Waals surface area contributed by atoms with Gasteiger partial charge in [-0.05, 0) is 38.0 Å². The lowest BCUT2D eigenvalue weighted by Crippen LogP contribution is -2.56. The lowest BCUT2D eigenvalue weighted by molar-refractivity contribution is 0.0206. The quantitative estimate of drug-likeness (QED) is 0.689. The summed E-state index contributed by atoms with van der Waals surface area (Å²) in [6.45, 7) is 2.40. The highest BCUT2D eigenvalue weighted by Gasteiger charge is 2.47. The van der Waals surface area contributed by atoms with Gasteiger partial charge in [-0.25, -0.2) is 0 Å². The molecule has 4 atom stereocenters. The SMILES string of the molecule is CC1CC1N1C2CCCC1CC(N)C2. The van der Waals surface area contributed by atoms with Crippen molar-refractivity contribution in [2.75, 3.05) is 0 Å². The van der Waals surface area contributed by atoms with E-state index in [1.54, 1.807) is 0 Å². The molecule has 14 heavy (non-hydrogen) atoms. The fourth-order valence-corrected chi connectivity index (χ4v) is 3.72. The van der Waals surface area contributed by atoms with Gasteiger partial charge in [0.1, 0.15) is 0 Å². The molecule has 2 saturated heterocycles. The third-order valence-corrected chi connectivity index (χ3v) is 4.52. The number of fused-ring (bicyclic) bond motifs is 2. The molecular formula is C12H22N2. The van der Waals surface area contributed by atoms with Crippen molar-refractivity contribution in [3.8, 4) is 0 Å². The molecule has 3 rings (SSSR count). The van der Waals surface area contributed by atoms with Crippen molar-refractivity contribution < 1.29 is 0 Å². The maximum atomic E-state index is 6.12. The van der Waals surface area contributed by atoms with E-state index >= 15 is 0 Å². The van der Waals surface area contributed by atoms with Crippen LogP contribution in [0.2, 0.25) is 0 Å². The first-order valence-electron chi connectivity index (χ1n) is 6.28. The molecule has 4 unspecified atom stereocenters. The maximum Gasteiger partial charge on any atom is 0.0130 e. The highest BCUT2D eigenvalue weighted by atomic mass is 15.3. The maximum absolute atomic E-state index is 6.12. The Bertz CT molecular complexity index is 214. The van der Waals surface area contributed by atoms with Crippen LogP contribution in [0.25, 0.3) is 0 Å². The summed E-state index contributed by atoms with van der Waals surface area (Å²) < 4.78 is 0. The van der Waals surface area contributed by atoms with Crippen LogP contribution in [-0.4, -0.2) is 29.1 Å². The van der Waals surface area contributed by atoms with E-state index in [0.717, 1.165) is 24.0 Å². The van der Waals surface area contributed by atoms with Crippen LogP contribution >= 0.6 is 0 Å². The van der Waals surface area contributed by atoms with Crippen molar-refractivity contribution in [1.29, 1.82) is 0 Å². The lowest BCUT2D eigenvalue weighted by Gasteiger charge is -2.48. The predicted molar refractivity (Wildman–Crippen MR) is 58.0 cm³/mol. The summed E-state index contributed by atoms with van der Waals surface area (Å²) in [4.78, 5) is 2.84. The van der Waals surface area contributed by atoms with E-state index < -0.39 is 0 Å². The monoisotopic (exact) mass is 194 g/mol. The number of rotatable bonds is 1. The van der Waals surface area contributed by atoms with Gasteiger partial charge in [0.25, 0.3) is 0 Å². The van der Waals surface area contributed by atoms with Gasteiger partial charge in [0.15, 0.2) is 0 Å². The van der Waals surface area contributed by atoms with E-state index in [1.165, 1.54) is 38.5 Å². The minimum atomic E-state index is 0.496. The molecule has 2 heterocycles. The molecule has 2 aliphatic heterocycles. The number of nitrogens with two attached hydrogens (primary N) is 1. The van der Waals surface area contributed by atoms with Gasteiger partial charge in [-0.15, -0.1) is 0 Å². The van der Waals surface area contributed by atoms with Crippen molar-refractivity contribution in [2.24, 2.45) is 11.7 Å². The molecule has 2 heteroatoms. The van der Waals surface area contributed by atoms with E-state index in [4.69, 9.17) is 5.73 Å². The Balaban J connectivity index is 1.76. The van der Waals surface area contributed by atoms with Crippen molar-refractivity contribution >= 4 is 0 Å². The summed E-state index contributed by atoms with van der Waals surface area (Å²) in [6, 6.07) is 3.10. The Morgan fingerprint density at radius 1 is 1.07 bits per heavy atom. The molecule has 1 saturated carbocycles. The molecular weight excluding hydrogens is 172 g/mol. The highest BCUT2D eigenvalue weighted by molar-refractivity contribution is 5.03. The molecule has 0 aromatic carbocycles. The Morgan fingerprint density at radius 3 is 2.14 bits per heavy atom. The molecule has 80 valence electrons. The van der Waals surface area contributed by atoms with Crippen molar-refractivity contribution in [3.63, 3.8) is 0 Å². The number of hydrogen-bond donors (Lipinski definition) is 1. The minimum Gasteiger partial charge on any atom is -0.328 e. The zero-order chi connectivity index (χ0) is 9.71. The first-order valence-corrected chi connectivity index (χ1v) is 6.28. The highest BCUT2D eigenvalue weighted by Crippen LogP contribution is 2.44. The Labute approximate surface area is 86.8 Å². The Morgan fingerprint density at radius 2 is 1.64 bits per heavy atom. The average Bonchev–Trinajstić information content (AvgIpc) is 2.80. The largest absolute Gasteiger partial charge is 0.328 e. The summed E-state index contributed by atoms with van der Waals surface area (Å²) in [5.74, 6) is 0.965. The molecule has 0 aromatic heterocycles. The standard InChI is InChI=1S/C12H22N2/c1-8-5-12(8)14-10-3-2-4-11(14)7-9(13)6-10/h8-12H,2-7,13H2,1H3. The molecule has 0 amide bonds. The fraction of sp³-hybridized carbons (Fsp3) is 1.00.